The van der Waals surface area contributed by atoms with Gasteiger partial charge >= 0.3 is 6.18 Å². The molecule has 0 spiro atoms. The summed E-state index contributed by atoms with van der Waals surface area (Å²) in [5, 5.41) is 9.32. The van der Waals surface area contributed by atoms with Crippen LogP contribution in [0.2, 0.25) is 0 Å². The lowest BCUT2D eigenvalue weighted by Gasteiger charge is -2.30. The van der Waals surface area contributed by atoms with Crippen molar-refractivity contribution in [1.82, 2.24) is 4.98 Å². The topological polar surface area (TPSA) is 36.7 Å². The van der Waals surface area contributed by atoms with Gasteiger partial charge in [-0.25, -0.2) is 0 Å². The Balaban J connectivity index is 2.31. The lowest BCUT2D eigenvalue weighted by Crippen LogP contribution is -2.27. The second kappa shape index (κ2) is 4.60. The van der Waals surface area contributed by atoms with Gasteiger partial charge in [-0.2, -0.15) is 18.4 Å². The SMILES string of the molecule is N#CC1(c2ccc(C(F)(F)F)nc2)CCCCC1. The molecule has 0 unspecified atom stereocenters. The summed E-state index contributed by atoms with van der Waals surface area (Å²) >= 11 is 0. The average Bonchev–Trinajstić information content (AvgIpc) is 2.39. The lowest BCUT2D eigenvalue weighted by atomic mass is 9.71. The molecule has 2 rings (SSSR count). The van der Waals surface area contributed by atoms with Crippen LogP contribution in [0.3, 0.4) is 0 Å². The van der Waals surface area contributed by atoms with Gasteiger partial charge in [0.05, 0.1) is 11.5 Å². The summed E-state index contributed by atoms with van der Waals surface area (Å²) in [6.07, 6.45) is 1.15. The van der Waals surface area contributed by atoms with Crippen molar-refractivity contribution in [3.8, 4) is 6.07 Å². The number of rotatable bonds is 1. The molecule has 0 atom stereocenters. The second-order valence-electron chi connectivity index (χ2n) is 4.68. The Kier molecular flexibility index (Phi) is 3.29. The van der Waals surface area contributed by atoms with E-state index in [2.05, 4.69) is 11.1 Å². The molecule has 1 aliphatic rings. The molecule has 1 aromatic rings. The van der Waals surface area contributed by atoms with Crippen molar-refractivity contribution in [3.05, 3.63) is 29.6 Å². The molecule has 0 aliphatic heterocycles. The highest BCUT2D eigenvalue weighted by Crippen LogP contribution is 2.39. The van der Waals surface area contributed by atoms with Crippen LogP contribution in [-0.2, 0) is 11.6 Å². The maximum absolute atomic E-state index is 12.4. The normalized spacial score (nSPS) is 19.2. The maximum atomic E-state index is 12.4. The molecule has 0 amide bonds. The van der Waals surface area contributed by atoms with Gasteiger partial charge in [-0.3, -0.25) is 4.98 Å². The van der Waals surface area contributed by atoms with Gasteiger partial charge in [-0.05, 0) is 24.5 Å². The van der Waals surface area contributed by atoms with Crippen LogP contribution in [0.15, 0.2) is 18.3 Å². The molecule has 0 saturated heterocycles. The minimum atomic E-state index is -4.43. The van der Waals surface area contributed by atoms with Crippen molar-refractivity contribution < 1.29 is 13.2 Å². The minimum absolute atomic E-state index is 0.609. The van der Waals surface area contributed by atoms with Crippen molar-refractivity contribution in [2.75, 3.05) is 0 Å². The molecule has 1 aromatic heterocycles. The zero-order valence-corrected chi connectivity index (χ0v) is 9.80. The Labute approximate surface area is 103 Å². The van der Waals surface area contributed by atoms with Gasteiger partial charge in [0.2, 0.25) is 0 Å². The van der Waals surface area contributed by atoms with E-state index >= 15 is 0 Å². The van der Waals surface area contributed by atoms with Crippen molar-refractivity contribution in [2.24, 2.45) is 0 Å². The number of aromatic nitrogens is 1. The summed E-state index contributed by atoms with van der Waals surface area (Å²) in [4.78, 5) is 3.44. The van der Waals surface area contributed by atoms with Crippen molar-refractivity contribution >= 4 is 0 Å². The maximum Gasteiger partial charge on any atom is 0.433 e. The molecule has 1 fully saturated rings. The Morgan fingerprint density at radius 2 is 1.83 bits per heavy atom. The summed E-state index contributed by atoms with van der Waals surface area (Å²) in [6.45, 7) is 0. The van der Waals surface area contributed by atoms with Gasteiger partial charge in [-0.15, -0.1) is 0 Å². The van der Waals surface area contributed by atoms with E-state index in [9.17, 15) is 18.4 Å². The highest BCUT2D eigenvalue weighted by Gasteiger charge is 2.36. The van der Waals surface area contributed by atoms with E-state index in [1.54, 1.807) is 0 Å². The van der Waals surface area contributed by atoms with Crippen molar-refractivity contribution in [3.63, 3.8) is 0 Å². The number of pyridine rings is 1. The number of hydrogen-bond acceptors (Lipinski definition) is 2. The van der Waals surface area contributed by atoms with E-state index in [-0.39, 0.29) is 0 Å². The van der Waals surface area contributed by atoms with E-state index in [4.69, 9.17) is 0 Å². The highest BCUT2D eigenvalue weighted by molar-refractivity contribution is 5.32. The van der Waals surface area contributed by atoms with Crippen LogP contribution in [0.1, 0.15) is 43.4 Å². The Hall–Kier alpha value is -1.57. The summed E-state index contributed by atoms with van der Waals surface area (Å²) < 4.78 is 37.2. The van der Waals surface area contributed by atoms with E-state index in [0.29, 0.717) is 18.4 Å². The third-order valence-electron chi connectivity index (χ3n) is 3.53. The summed E-state index contributed by atoms with van der Waals surface area (Å²) in [6, 6.07) is 4.63. The first-order valence-corrected chi connectivity index (χ1v) is 5.93. The predicted octanol–water partition coefficient (Wildman–Crippen LogP) is 3.83. The third kappa shape index (κ3) is 2.33. The van der Waals surface area contributed by atoms with Crippen LogP contribution < -0.4 is 0 Å². The van der Waals surface area contributed by atoms with Gasteiger partial charge in [0.25, 0.3) is 0 Å². The van der Waals surface area contributed by atoms with E-state index in [0.717, 1.165) is 25.3 Å². The highest BCUT2D eigenvalue weighted by atomic mass is 19.4. The monoisotopic (exact) mass is 254 g/mol. The fourth-order valence-electron chi connectivity index (χ4n) is 2.46. The van der Waals surface area contributed by atoms with Crippen LogP contribution in [0.25, 0.3) is 0 Å². The Morgan fingerprint density at radius 3 is 2.28 bits per heavy atom. The van der Waals surface area contributed by atoms with Crippen molar-refractivity contribution in [2.45, 2.75) is 43.7 Å². The molecule has 0 bridgehead atoms. The molecular formula is C13H13F3N2. The molecule has 5 heteroatoms. The fourth-order valence-corrected chi connectivity index (χ4v) is 2.46. The largest absolute Gasteiger partial charge is 0.433 e. The number of halogens is 3. The molecule has 1 aliphatic carbocycles. The molecule has 0 radical (unpaired) electrons. The molecule has 96 valence electrons. The number of alkyl halides is 3. The van der Waals surface area contributed by atoms with Crippen LogP contribution in [0.5, 0.6) is 0 Å². The number of nitriles is 1. The molecule has 0 N–H and O–H groups in total. The molecule has 1 saturated carbocycles. The Bertz CT molecular complexity index is 451. The van der Waals surface area contributed by atoms with E-state index in [1.807, 2.05) is 0 Å². The van der Waals surface area contributed by atoms with Gasteiger partial charge < -0.3 is 0 Å². The first-order valence-electron chi connectivity index (χ1n) is 5.93. The van der Waals surface area contributed by atoms with Gasteiger partial charge in [0.15, 0.2) is 0 Å². The van der Waals surface area contributed by atoms with Gasteiger partial charge in [-0.1, -0.05) is 25.3 Å². The number of nitrogens with zero attached hydrogens (tertiary/aromatic N) is 2. The molecule has 1 heterocycles. The summed E-state index contributed by atoms with van der Waals surface area (Å²) in [5.74, 6) is 0. The molecule has 2 nitrogen and oxygen atoms in total. The van der Waals surface area contributed by atoms with Gasteiger partial charge in [0, 0.05) is 6.20 Å². The van der Waals surface area contributed by atoms with Crippen LogP contribution in [0, 0.1) is 11.3 Å². The average molecular weight is 254 g/mol. The zero-order valence-electron chi connectivity index (χ0n) is 9.80. The first-order chi connectivity index (χ1) is 8.48. The standard InChI is InChI=1S/C13H13F3N2/c14-13(15,16)11-5-4-10(8-18-11)12(9-17)6-2-1-3-7-12/h4-5,8H,1-3,6-7H2. The summed E-state index contributed by atoms with van der Waals surface area (Å²) in [5.41, 5.74) is -0.942. The van der Waals surface area contributed by atoms with Gasteiger partial charge in [0.1, 0.15) is 5.69 Å². The van der Waals surface area contributed by atoms with Crippen LogP contribution in [-0.4, -0.2) is 4.98 Å². The predicted molar refractivity (Wildman–Crippen MR) is 59.6 cm³/mol. The Morgan fingerprint density at radius 1 is 1.17 bits per heavy atom. The van der Waals surface area contributed by atoms with Crippen LogP contribution >= 0.6 is 0 Å². The minimum Gasteiger partial charge on any atom is -0.251 e. The zero-order chi connectivity index (χ0) is 13.2. The molecule has 0 aromatic carbocycles. The second-order valence-corrected chi connectivity index (χ2v) is 4.68. The summed E-state index contributed by atoms with van der Waals surface area (Å²) in [7, 11) is 0. The molecule has 18 heavy (non-hydrogen) atoms. The molecular weight excluding hydrogens is 241 g/mol. The quantitative estimate of drug-likeness (QED) is 0.763. The van der Waals surface area contributed by atoms with Crippen molar-refractivity contribution in [1.29, 1.82) is 5.26 Å². The van der Waals surface area contributed by atoms with E-state index in [1.165, 1.54) is 12.3 Å². The lowest BCUT2D eigenvalue weighted by molar-refractivity contribution is -0.141. The van der Waals surface area contributed by atoms with E-state index < -0.39 is 17.3 Å². The third-order valence-corrected chi connectivity index (χ3v) is 3.53. The van der Waals surface area contributed by atoms with Crippen LogP contribution in [0.4, 0.5) is 13.2 Å². The number of hydrogen-bond donors (Lipinski definition) is 0. The first kappa shape index (κ1) is 12.9. The smallest absolute Gasteiger partial charge is 0.251 e. The fraction of sp³-hybridized carbons (Fsp3) is 0.538.